The Morgan fingerprint density at radius 1 is 1.11 bits per heavy atom. The maximum absolute atomic E-state index is 12.9. The van der Waals surface area contributed by atoms with E-state index in [-0.39, 0.29) is 5.91 Å². The fraction of sp³-hybridized carbons (Fsp3) is 0.158. The Bertz CT molecular complexity index is 1200. The van der Waals surface area contributed by atoms with E-state index in [0.717, 1.165) is 10.9 Å². The molecule has 4 rings (SSSR count). The van der Waals surface area contributed by atoms with Crippen molar-refractivity contribution in [1.29, 1.82) is 0 Å². The Kier molecular flexibility index (Phi) is 4.25. The lowest BCUT2D eigenvalue weighted by Crippen LogP contribution is -2.23. The van der Waals surface area contributed by atoms with Crippen LogP contribution in [0.5, 0.6) is 0 Å². The second-order valence-electron chi connectivity index (χ2n) is 6.38. The minimum atomic E-state index is -0.201. The van der Waals surface area contributed by atoms with Gasteiger partial charge in [0.2, 0.25) is 0 Å². The van der Waals surface area contributed by atoms with Crippen molar-refractivity contribution < 1.29 is 4.79 Å². The molecule has 0 N–H and O–H groups in total. The minimum Gasteiger partial charge on any atom is -0.343 e. The molecule has 0 aliphatic carbocycles. The molecule has 0 fully saturated rings. The Hall–Kier alpha value is -2.70. The first-order valence-electron chi connectivity index (χ1n) is 8.16. The summed E-state index contributed by atoms with van der Waals surface area (Å²) >= 11 is 12.0. The number of amides is 1. The first-order valence-corrected chi connectivity index (χ1v) is 8.91. The zero-order chi connectivity index (χ0) is 19.3. The molecule has 136 valence electrons. The molecule has 3 aromatic heterocycles. The van der Waals surface area contributed by atoms with Crippen molar-refractivity contribution in [2.45, 2.75) is 0 Å². The molecule has 6 nitrogen and oxygen atoms in total. The van der Waals surface area contributed by atoms with Crippen molar-refractivity contribution in [3.8, 4) is 11.4 Å². The standard InChI is InChI=1S/C19H15Cl2N5O/c1-25(2)19(27)16-15-12-6-5-11(20)8-13(12)26(3)18(15)24-17(23-16)10-4-7-14(21)22-9-10/h4-9H,1-3H3. The van der Waals surface area contributed by atoms with Gasteiger partial charge in [-0.2, -0.15) is 0 Å². The van der Waals surface area contributed by atoms with Gasteiger partial charge in [-0.3, -0.25) is 4.79 Å². The van der Waals surface area contributed by atoms with Crippen LogP contribution in [-0.2, 0) is 7.05 Å². The molecule has 0 radical (unpaired) electrons. The van der Waals surface area contributed by atoms with Gasteiger partial charge < -0.3 is 9.47 Å². The summed E-state index contributed by atoms with van der Waals surface area (Å²) in [5.74, 6) is 0.210. The zero-order valence-electron chi connectivity index (χ0n) is 14.9. The Morgan fingerprint density at radius 2 is 1.89 bits per heavy atom. The zero-order valence-corrected chi connectivity index (χ0v) is 16.4. The van der Waals surface area contributed by atoms with Crippen molar-refractivity contribution in [3.63, 3.8) is 0 Å². The molecule has 1 aromatic carbocycles. The molecule has 0 saturated carbocycles. The summed E-state index contributed by atoms with van der Waals surface area (Å²) in [6.07, 6.45) is 1.59. The summed E-state index contributed by atoms with van der Waals surface area (Å²) < 4.78 is 1.91. The van der Waals surface area contributed by atoms with Gasteiger partial charge in [-0.15, -0.1) is 0 Å². The Labute approximate surface area is 165 Å². The Morgan fingerprint density at radius 3 is 2.56 bits per heavy atom. The van der Waals surface area contributed by atoms with Crippen molar-refractivity contribution in [2.75, 3.05) is 14.1 Å². The normalized spacial score (nSPS) is 11.3. The summed E-state index contributed by atoms with van der Waals surface area (Å²) in [5, 5.41) is 2.57. The lowest BCUT2D eigenvalue weighted by molar-refractivity contribution is 0.0824. The van der Waals surface area contributed by atoms with Crippen molar-refractivity contribution >= 4 is 51.0 Å². The van der Waals surface area contributed by atoms with Crippen LogP contribution in [0.25, 0.3) is 33.3 Å². The van der Waals surface area contributed by atoms with Gasteiger partial charge in [-0.05, 0) is 24.3 Å². The first-order chi connectivity index (χ1) is 12.9. The fourth-order valence-corrected chi connectivity index (χ4v) is 3.33. The second-order valence-corrected chi connectivity index (χ2v) is 7.21. The molecule has 0 bridgehead atoms. The van der Waals surface area contributed by atoms with Crippen molar-refractivity contribution in [2.24, 2.45) is 7.05 Å². The second kappa shape index (κ2) is 6.48. The quantitative estimate of drug-likeness (QED) is 0.474. The molecule has 0 atom stereocenters. The van der Waals surface area contributed by atoms with E-state index in [1.54, 1.807) is 38.5 Å². The molecule has 0 saturated heterocycles. The maximum atomic E-state index is 12.9. The minimum absolute atomic E-state index is 0.201. The number of nitrogens with zero attached hydrogens (tertiary/aromatic N) is 5. The molecule has 8 heteroatoms. The van der Waals surface area contributed by atoms with Gasteiger partial charge in [0.15, 0.2) is 5.82 Å². The van der Waals surface area contributed by atoms with Crippen molar-refractivity contribution in [1.82, 2.24) is 24.4 Å². The third-order valence-electron chi connectivity index (χ3n) is 4.39. The monoisotopic (exact) mass is 399 g/mol. The van der Waals surface area contributed by atoms with Gasteiger partial charge in [0, 0.05) is 43.3 Å². The highest BCUT2D eigenvalue weighted by atomic mass is 35.5. The van der Waals surface area contributed by atoms with Gasteiger partial charge in [0.25, 0.3) is 5.91 Å². The van der Waals surface area contributed by atoms with Crippen LogP contribution in [0.4, 0.5) is 0 Å². The molecule has 27 heavy (non-hydrogen) atoms. The molecular formula is C19H15Cl2N5O. The topological polar surface area (TPSA) is 63.9 Å². The number of hydrogen-bond donors (Lipinski definition) is 0. The predicted octanol–water partition coefficient (Wildman–Crippen LogP) is 4.19. The van der Waals surface area contributed by atoms with Crippen LogP contribution in [0.1, 0.15) is 10.5 Å². The van der Waals surface area contributed by atoms with Crippen LogP contribution in [-0.4, -0.2) is 44.4 Å². The largest absolute Gasteiger partial charge is 0.343 e. The number of benzene rings is 1. The van der Waals surface area contributed by atoms with E-state index in [1.165, 1.54) is 4.90 Å². The molecule has 0 unspecified atom stereocenters. The average Bonchev–Trinajstić information content (AvgIpc) is 2.93. The van der Waals surface area contributed by atoms with Gasteiger partial charge >= 0.3 is 0 Å². The number of hydrogen-bond acceptors (Lipinski definition) is 4. The van der Waals surface area contributed by atoms with Gasteiger partial charge in [-0.1, -0.05) is 29.3 Å². The summed E-state index contributed by atoms with van der Waals surface area (Å²) in [5.41, 5.74) is 2.55. The number of aryl methyl sites for hydroxylation is 1. The predicted molar refractivity (Wildman–Crippen MR) is 107 cm³/mol. The van der Waals surface area contributed by atoms with Gasteiger partial charge in [0.1, 0.15) is 16.5 Å². The van der Waals surface area contributed by atoms with Crippen LogP contribution >= 0.6 is 23.2 Å². The number of pyridine rings is 1. The number of halogens is 2. The van der Waals surface area contributed by atoms with E-state index in [2.05, 4.69) is 9.97 Å². The summed E-state index contributed by atoms with van der Waals surface area (Å²) in [4.78, 5) is 27.7. The van der Waals surface area contributed by atoms with E-state index in [4.69, 9.17) is 28.2 Å². The van der Waals surface area contributed by atoms with E-state index in [0.29, 0.717) is 38.3 Å². The number of carbonyl (C=O) groups is 1. The number of rotatable bonds is 2. The lowest BCUT2D eigenvalue weighted by Gasteiger charge is -2.12. The molecule has 3 heterocycles. The molecule has 0 spiro atoms. The highest BCUT2D eigenvalue weighted by molar-refractivity contribution is 6.31. The third-order valence-corrected chi connectivity index (χ3v) is 4.85. The first kappa shape index (κ1) is 17.7. The average molecular weight is 400 g/mol. The SMILES string of the molecule is CN(C)C(=O)c1nc(-c2ccc(Cl)nc2)nc2c1c1ccc(Cl)cc1n2C. The van der Waals surface area contributed by atoms with E-state index < -0.39 is 0 Å². The third kappa shape index (κ3) is 2.91. The molecule has 4 aromatic rings. The number of aromatic nitrogens is 4. The molecule has 0 aliphatic rings. The number of carbonyl (C=O) groups excluding carboxylic acids is 1. The van der Waals surface area contributed by atoms with Crippen LogP contribution in [0.15, 0.2) is 36.5 Å². The van der Waals surface area contributed by atoms with Crippen LogP contribution in [0, 0.1) is 0 Å². The smallest absolute Gasteiger partial charge is 0.272 e. The Balaban J connectivity index is 2.11. The highest BCUT2D eigenvalue weighted by Gasteiger charge is 2.22. The molecular weight excluding hydrogens is 385 g/mol. The fourth-order valence-electron chi connectivity index (χ4n) is 3.05. The van der Waals surface area contributed by atoms with Crippen molar-refractivity contribution in [3.05, 3.63) is 52.4 Å². The van der Waals surface area contributed by atoms with Crippen LogP contribution in [0.2, 0.25) is 10.2 Å². The van der Waals surface area contributed by atoms with E-state index in [1.807, 2.05) is 23.7 Å². The van der Waals surface area contributed by atoms with Crippen LogP contribution < -0.4 is 0 Å². The highest BCUT2D eigenvalue weighted by Crippen LogP contribution is 2.32. The van der Waals surface area contributed by atoms with E-state index >= 15 is 0 Å². The van der Waals surface area contributed by atoms with Gasteiger partial charge in [-0.25, -0.2) is 15.0 Å². The summed E-state index contributed by atoms with van der Waals surface area (Å²) in [6.45, 7) is 0. The number of fused-ring (bicyclic) bond motifs is 3. The maximum Gasteiger partial charge on any atom is 0.272 e. The van der Waals surface area contributed by atoms with Gasteiger partial charge in [0.05, 0.1) is 10.9 Å². The lowest BCUT2D eigenvalue weighted by atomic mass is 10.1. The van der Waals surface area contributed by atoms with Crippen LogP contribution in [0.3, 0.4) is 0 Å². The summed E-state index contributed by atoms with van der Waals surface area (Å²) in [7, 11) is 5.28. The summed E-state index contributed by atoms with van der Waals surface area (Å²) in [6, 6.07) is 8.98. The van der Waals surface area contributed by atoms with E-state index in [9.17, 15) is 4.79 Å². The molecule has 0 aliphatic heterocycles. The molecule has 1 amide bonds.